The largest absolute Gasteiger partial charge is 0.339 e. The molecule has 0 aliphatic heterocycles. The molecule has 2 heteroatoms. The number of nitrogens with zero attached hydrogens (tertiary/aromatic N) is 1. The van der Waals surface area contributed by atoms with Gasteiger partial charge in [-0.15, -0.1) is 0 Å². The summed E-state index contributed by atoms with van der Waals surface area (Å²) in [5.41, 5.74) is 0.872. The lowest BCUT2D eigenvalue weighted by Crippen LogP contribution is -2.35. The fourth-order valence-corrected chi connectivity index (χ4v) is 1.83. The van der Waals surface area contributed by atoms with Crippen LogP contribution >= 0.6 is 0 Å². The van der Waals surface area contributed by atoms with Crippen LogP contribution in [-0.4, -0.2) is 23.9 Å². The molecule has 2 nitrogen and oxygen atoms in total. The number of hydrogen-bond acceptors (Lipinski definition) is 1. The molecule has 0 spiro atoms. The van der Waals surface area contributed by atoms with Gasteiger partial charge in [0, 0.05) is 18.7 Å². The minimum Gasteiger partial charge on any atom is -0.339 e. The SMILES string of the molecule is C=CC=C(C(=O)N(CCCC)CCCC)C(C)C. The first-order valence-corrected chi connectivity index (χ1v) is 7.20. The Morgan fingerprint density at radius 2 is 1.67 bits per heavy atom. The first-order valence-electron chi connectivity index (χ1n) is 7.20. The maximum Gasteiger partial charge on any atom is 0.250 e. The molecule has 0 atom stereocenters. The standard InChI is InChI=1S/C16H29NO/c1-6-9-12-17(13-10-7-2)16(18)15(11-8-3)14(4)5/h8,11,14H,3,6-7,9-10,12-13H2,1-2,4-5H3. The second-order valence-electron chi connectivity index (χ2n) is 5.01. The van der Waals surface area contributed by atoms with Gasteiger partial charge in [0.15, 0.2) is 0 Å². The van der Waals surface area contributed by atoms with Gasteiger partial charge < -0.3 is 4.90 Å². The highest BCUT2D eigenvalue weighted by Gasteiger charge is 2.19. The molecule has 0 radical (unpaired) electrons. The van der Waals surface area contributed by atoms with E-state index in [-0.39, 0.29) is 11.8 Å². The summed E-state index contributed by atoms with van der Waals surface area (Å²) in [6.07, 6.45) is 7.98. The zero-order valence-electron chi connectivity index (χ0n) is 12.5. The minimum atomic E-state index is 0.187. The maximum atomic E-state index is 12.5. The van der Waals surface area contributed by atoms with Crippen molar-refractivity contribution in [1.29, 1.82) is 0 Å². The van der Waals surface area contributed by atoms with Crippen molar-refractivity contribution in [2.75, 3.05) is 13.1 Å². The van der Waals surface area contributed by atoms with Crippen LogP contribution < -0.4 is 0 Å². The lowest BCUT2D eigenvalue weighted by molar-refractivity contribution is -0.127. The maximum absolute atomic E-state index is 12.5. The lowest BCUT2D eigenvalue weighted by Gasteiger charge is -2.25. The van der Waals surface area contributed by atoms with Crippen molar-refractivity contribution in [3.8, 4) is 0 Å². The Kier molecular flexibility index (Phi) is 9.35. The van der Waals surface area contributed by atoms with Gasteiger partial charge in [0.05, 0.1) is 0 Å². The van der Waals surface area contributed by atoms with Crippen LogP contribution in [0.3, 0.4) is 0 Å². The molecule has 0 aromatic rings. The molecule has 0 N–H and O–H groups in total. The summed E-state index contributed by atoms with van der Waals surface area (Å²) in [7, 11) is 0. The zero-order valence-corrected chi connectivity index (χ0v) is 12.5. The van der Waals surface area contributed by atoms with Gasteiger partial charge in [-0.1, -0.05) is 59.3 Å². The van der Waals surface area contributed by atoms with Crippen molar-refractivity contribution in [2.45, 2.75) is 53.4 Å². The number of rotatable bonds is 9. The third kappa shape index (κ3) is 6.04. The number of amides is 1. The van der Waals surface area contributed by atoms with Crippen LogP contribution in [0.25, 0.3) is 0 Å². The Bertz CT molecular complexity index is 271. The van der Waals surface area contributed by atoms with Crippen LogP contribution in [0.4, 0.5) is 0 Å². The van der Waals surface area contributed by atoms with E-state index in [1.165, 1.54) is 0 Å². The number of unbranched alkanes of at least 4 members (excludes halogenated alkanes) is 2. The molecule has 0 saturated carbocycles. The average molecular weight is 251 g/mol. The first kappa shape index (κ1) is 16.9. The van der Waals surface area contributed by atoms with Gasteiger partial charge >= 0.3 is 0 Å². The number of allylic oxidation sites excluding steroid dienone is 2. The molecule has 0 aliphatic carbocycles. The molecular formula is C16H29NO. The monoisotopic (exact) mass is 251 g/mol. The highest BCUT2D eigenvalue weighted by atomic mass is 16.2. The molecule has 0 aromatic heterocycles. The van der Waals surface area contributed by atoms with E-state index in [1.54, 1.807) is 6.08 Å². The van der Waals surface area contributed by atoms with Gasteiger partial charge in [-0.25, -0.2) is 0 Å². The average Bonchev–Trinajstić information content (AvgIpc) is 2.35. The minimum absolute atomic E-state index is 0.187. The van der Waals surface area contributed by atoms with E-state index < -0.39 is 0 Å². The van der Waals surface area contributed by atoms with E-state index in [0.29, 0.717) is 0 Å². The summed E-state index contributed by atoms with van der Waals surface area (Å²) in [4.78, 5) is 14.5. The number of carbonyl (C=O) groups excluding carboxylic acids is 1. The summed E-state index contributed by atoms with van der Waals surface area (Å²) in [5, 5.41) is 0. The smallest absolute Gasteiger partial charge is 0.250 e. The Labute approximate surface area is 113 Å². The number of hydrogen-bond donors (Lipinski definition) is 0. The van der Waals surface area contributed by atoms with Crippen LogP contribution in [0, 0.1) is 5.92 Å². The lowest BCUT2D eigenvalue weighted by atomic mass is 10.0. The first-order chi connectivity index (χ1) is 8.58. The molecule has 0 bridgehead atoms. The molecular weight excluding hydrogens is 222 g/mol. The van der Waals surface area contributed by atoms with Crippen molar-refractivity contribution in [3.05, 3.63) is 24.3 Å². The Hall–Kier alpha value is -1.05. The fourth-order valence-electron chi connectivity index (χ4n) is 1.83. The summed E-state index contributed by atoms with van der Waals surface area (Å²) >= 11 is 0. The van der Waals surface area contributed by atoms with Crippen molar-refractivity contribution in [2.24, 2.45) is 5.92 Å². The van der Waals surface area contributed by atoms with E-state index >= 15 is 0 Å². The van der Waals surface area contributed by atoms with Gasteiger partial charge in [-0.3, -0.25) is 4.79 Å². The summed E-state index contributed by atoms with van der Waals surface area (Å²) < 4.78 is 0. The Morgan fingerprint density at radius 3 is 2.00 bits per heavy atom. The molecule has 0 rings (SSSR count). The second kappa shape index (κ2) is 9.93. The Morgan fingerprint density at radius 1 is 1.17 bits per heavy atom. The molecule has 0 unspecified atom stereocenters. The van der Waals surface area contributed by atoms with Crippen molar-refractivity contribution in [1.82, 2.24) is 4.90 Å². The third-order valence-electron chi connectivity index (χ3n) is 3.02. The second-order valence-corrected chi connectivity index (χ2v) is 5.01. The topological polar surface area (TPSA) is 20.3 Å². The molecule has 0 fully saturated rings. The van der Waals surface area contributed by atoms with Crippen molar-refractivity contribution in [3.63, 3.8) is 0 Å². The fraction of sp³-hybridized carbons (Fsp3) is 0.688. The van der Waals surface area contributed by atoms with Gasteiger partial charge in [0.25, 0.3) is 0 Å². The highest BCUT2D eigenvalue weighted by molar-refractivity contribution is 5.94. The highest BCUT2D eigenvalue weighted by Crippen LogP contribution is 2.14. The normalized spacial score (nSPS) is 11.7. The van der Waals surface area contributed by atoms with E-state index in [2.05, 4.69) is 34.3 Å². The van der Waals surface area contributed by atoms with E-state index in [9.17, 15) is 4.79 Å². The molecule has 0 aromatic carbocycles. The zero-order chi connectivity index (χ0) is 14.0. The molecule has 104 valence electrons. The van der Waals surface area contributed by atoms with Gasteiger partial charge in [0.2, 0.25) is 5.91 Å². The molecule has 0 saturated heterocycles. The quantitative estimate of drug-likeness (QED) is 0.444. The summed E-state index contributed by atoms with van der Waals surface area (Å²) in [6, 6.07) is 0. The molecule has 0 aliphatic rings. The van der Waals surface area contributed by atoms with Crippen molar-refractivity contribution < 1.29 is 4.79 Å². The number of carbonyl (C=O) groups is 1. The van der Waals surface area contributed by atoms with Crippen molar-refractivity contribution >= 4 is 5.91 Å². The molecule has 18 heavy (non-hydrogen) atoms. The van der Waals surface area contributed by atoms with Crippen LogP contribution in [0.1, 0.15) is 53.4 Å². The molecule has 1 amide bonds. The van der Waals surface area contributed by atoms with Crippen LogP contribution in [0.15, 0.2) is 24.3 Å². The molecule has 0 heterocycles. The van der Waals surface area contributed by atoms with Crippen LogP contribution in [-0.2, 0) is 4.79 Å². The van der Waals surface area contributed by atoms with Gasteiger partial charge in [0.1, 0.15) is 0 Å². The predicted octanol–water partition coefficient (Wildman–Crippen LogP) is 4.18. The predicted molar refractivity (Wildman–Crippen MR) is 79.5 cm³/mol. The Balaban J connectivity index is 4.78. The van der Waals surface area contributed by atoms with Crippen LogP contribution in [0.2, 0.25) is 0 Å². The third-order valence-corrected chi connectivity index (χ3v) is 3.02. The summed E-state index contributed by atoms with van der Waals surface area (Å²) in [5.74, 6) is 0.438. The van der Waals surface area contributed by atoms with Gasteiger partial charge in [-0.05, 0) is 18.8 Å². The van der Waals surface area contributed by atoms with Crippen LogP contribution in [0.5, 0.6) is 0 Å². The van der Waals surface area contributed by atoms with E-state index in [1.807, 2.05) is 11.0 Å². The van der Waals surface area contributed by atoms with Gasteiger partial charge in [-0.2, -0.15) is 0 Å². The van der Waals surface area contributed by atoms with E-state index in [0.717, 1.165) is 44.3 Å². The van der Waals surface area contributed by atoms with E-state index in [4.69, 9.17) is 0 Å². The summed E-state index contributed by atoms with van der Waals surface area (Å²) in [6.45, 7) is 13.9.